The fraction of sp³-hybridized carbons (Fsp3) is 0. The molecule has 0 spiro atoms. The SMILES string of the molecule is Clc1ncnc(Sc2ccc(Br)cn2)c1Br. The molecule has 2 rings (SSSR count). The molecule has 2 heterocycles. The molecule has 0 amide bonds. The van der Waals surface area contributed by atoms with Crippen molar-refractivity contribution in [3.63, 3.8) is 0 Å². The molecule has 0 atom stereocenters. The molecule has 0 saturated heterocycles. The highest BCUT2D eigenvalue weighted by Gasteiger charge is 2.08. The summed E-state index contributed by atoms with van der Waals surface area (Å²) < 4.78 is 1.63. The number of pyridine rings is 1. The van der Waals surface area contributed by atoms with Crippen LogP contribution >= 0.6 is 55.2 Å². The lowest BCUT2D eigenvalue weighted by molar-refractivity contribution is 1.02. The first-order valence-electron chi connectivity index (χ1n) is 4.12. The highest BCUT2D eigenvalue weighted by molar-refractivity contribution is 9.10. The van der Waals surface area contributed by atoms with Crippen molar-refractivity contribution in [2.45, 2.75) is 10.1 Å². The van der Waals surface area contributed by atoms with Gasteiger partial charge in [-0.2, -0.15) is 0 Å². The van der Waals surface area contributed by atoms with E-state index in [-0.39, 0.29) is 0 Å². The lowest BCUT2D eigenvalue weighted by Gasteiger charge is -2.02. The van der Waals surface area contributed by atoms with Gasteiger partial charge in [-0.15, -0.1) is 0 Å². The van der Waals surface area contributed by atoms with Gasteiger partial charge in [0.2, 0.25) is 0 Å². The van der Waals surface area contributed by atoms with Gasteiger partial charge in [-0.3, -0.25) is 0 Å². The average molecular weight is 381 g/mol. The Bertz CT molecular complexity index is 507. The van der Waals surface area contributed by atoms with Crippen LogP contribution in [0, 0.1) is 0 Å². The third-order valence-electron chi connectivity index (χ3n) is 1.62. The van der Waals surface area contributed by atoms with Crippen molar-refractivity contribution in [2.24, 2.45) is 0 Å². The maximum atomic E-state index is 5.87. The molecule has 0 unspecified atom stereocenters. The molecule has 0 aliphatic heterocycles. The molecule has 0 saturated carbocycles. The molecule has 0 aliphatic rings. The first-order chi connectivity index (χ1) is 7.66. The van der Waals surface area contributed by atoms with E-state index < -0.39 is 0 Å². The number of halogens is 3. The Morgan fingerprint density at radius 3 is 2.62 bits per heavy atom. The van der Waals surface area contributed by atoms with Crippen LogP contribution in [0.15, 0.2) is 43.7 Å². The third kappa shape index (κ3) is 2.94. The molecule has 0 aromatic carbocycles. The van der Waals surface area contributed by atoms with Gasteiger partial charge < -0.3 is 0 Å². The Kier molecular flexibility index (Phi) is 4.18. The van der Waals surface area contributed by atoms with Crippen molar-refractivity contribution in [2.75, 3.05) is 0 Å². The van der Waals surface area contributed by atoms with Crippen LogP contribution in [-0.2, 0) is 0 Å². The molecular weight excluding hydrogens is 377 g/mol. The molecule has 2 aromatic heterocycles. The number of rotatable bonds is 2. The van der Waals surface area contributed by atoms with Crippen molar-refractivity contribution in [1.29, 1.82) is 0 Å². The van der Waals surface area contributed by atoms with Crippen LogP contribution in [0.4, 0.5) is 0 Å². The lowest BCUT2D eigenvalue weighted by Crippen LogP contribution is -1.87. The molecule has 0 N–H and O–H groups in total. The predicted molar refractivity (Wildman–Crippen MR) is 70.8 cm³/mol. The van der Waals surface area contributed by atoms with Gasteiger partial charge in [0, 0.05) is 10.7 Å². The van der Waals surface area contributed by atoms with Crippen molar-refractivity contribution in [3.05, 3.63) is 38.8 Å². The zero-order chi connectivity index (χ0) is 11.5. The molecule has 3 nitrogen and oxygen atoms in total. The van der Waals surface area contributed by atoms with E-state index in [1.807, 2.05) is 12.1 Å². The van der Waals surface area contributed by atoms with Gasteiger partial charge in [0.05, 0.1) is 4.47 Å². The van der Waals surface area contributed by atoms with Crippen LogP contribution in [0.3, 0.4) is 0 Å². The van der Waals surface area contributed by atoms with Crippen LogP contribution < -0.4 is 0 Å². The fourth-order valence-electron chi connectivity index (χ4n) is 0.926. The number of aromatic nitrogens is 3. The van der Waals surface area contributed by atoms with Crippen LogP contribution in [0.25, 0.3) is 0 Å². The summed E-state index contributed by atoms with van der Waals surface area (Å²) in [5.74, 6) is 0. The van der Waals surface area contributed by atoms with Gasteiger partial charge >= 0.3 is 0 Å². The van der Waals surface area contributed by atoms with Gasteiger partial charge in [-0.1, -0.05) is 11.6 Å². The minimum absolute atomic E-state index is 0.398. The maximum Gasteiger partial charge on any atom is 0.147 e. The number of hydrogen-bond donors (Lipinski definition) is 0. The topological polar surface area (TPSA) is 38.7 Å². The van der Waals surface area contributed by atoms with Crippen LogP contribution in [0.5, 0.6) is 0 Å². The normalized spacial score (nSPS) is 10.4. The maximum absolute atomic E-state index is 5.87. The molecule has 0 radical (unpaired) electrons. The van der Waals surface area contributed by atoms with Crippen LogP contribution in [0.1, 0.15) is 0 Å². The second-order valence-corrected chi connectivity index (χ2v) is 5.78. The average Bonchev–Trinajstić information content (AvgIpc) is 2.28. The molecular formula is C9H4Br2ClN3S. The summed E-state index contributed by atoms with van der Waals surface area (Å²) in [6.07, 6.45) is 3.16. The summed E-state index contributed by atoms with van der Waals surface area (Å²) >= 11 is 14.0. The van der Waals surface area contributed by atoms with E-state index in [1.165, 1.54) is 18.1 Å². The summed E-state index contributed by atoms with van der Waals surface area (Å²) in [6.45, 7) is 0. The number of hydrogen-bond acceptors (Lipinski definition) is 4. The highest BCUT2D eigenvalue weighted by Crippen LogP contribution is 2.33. The summed E-state index contributed by atoms with van der Waals surface area (Å²) in [4.78, 5) is 12.2. The summed E-state index contributed by atoms with van der Waals surface area (Å²) in [5.41, 5.74) is 0. The quantitative estimate of drug-likeness (QED) is 0.731. The van der Waals surface area contributed by atoms with Gasteiger partial charge in [-0.25, -0.2) is 15.0 Å². The van der Waals surface area contributed by atoms with E-state index in [0.717, 1.165) is 14.5 Å². The van der Waals surface area contributed by atoms with E-state index in [9.17, 15) is 0 Å². The summed E-state index contributed by atoms with van der Waals surface area (Å²) in [6, 6.07) is 3.82. The van der Waals surface area contributed by atoms with E-state index in [0.29, 0.717) is 9.63 Å². The molecule has 0 aliphatic carbocycles. The molecule has 0 fully saturated rings. The Morgan fingerprint density at radius 1 is 1.12 bits per heavy atom. The smallest absolute Gasteiger partial charge is 0.147 e. The van der Waals surface area contributed by atoms with Gasteiger partial charge in [-0.05, 0) is 55.8 Å². The summed E-state index contributed by atoms with van der Waals surface area (Å²) in [7, 11) is 0. The van der Waals surface area contributed by atoms with Gasteiger partial charge in [0.25, 0.3) is 0 Å². The lowest BCUT2D eigenvalue weighted by atomic mass is 10.5. The van der Waals surface area contributed by atoms with E-state index >= 15 is 0 Å². The van der Waals surface area contributed by atoms with Crippen LogP contribution in [-0.4, -0.2) is 15.0 Å². The van der Waals surface area contributed by atoms with Gasteiger partial charge in [0.1, 0.15) is 21.5 Å². The molecule has 7 heteroatoms. The highest BCUT2D eigenvalue weighted by atomic mass is 79.9. The van der Waals surface area contributed by atoms with E-state index in [1.54, 1.807) is 6.20 Å². The Hall–Kier alpha value is -0.170. The van der Waals surface area contributed by atoms with Crippen molar-refractivity contribution in [3.8, 4) is 0 Å². The Morgan fingerprint density at radius 2 is 1.94 bits per heavy atom. The first kappa shape index (κ1) is 12.3. The van der Waals surface area contributed by atoms with Crippen molar-refractivity contribution < 1.29 is 0 Å². The van der Waals surface area contributed by atoms with Gasteiger partial charge in [0.15, 0.2) is 0 Å². The second-order valence-electron chi connectivity index (χ2n) is 2.70. The minimum Gasteiger partial charge on any atom is -0.248 e. The molecule has 16 heavy (non-hydrogen) atoms. The van der Waals surface area contributed by atoms with E-state index in [2.05, 4.69) is 46.8 Å². The minimum atomic E-state index is 0.398. The fourth-order valence-corrected chi connectivity index (χ4v) is 2.52. The largest absolute Gasteiger partial charge is 0.248 e. The molecule has 0 bridgehead atoms. The Balaban J connectivity index is 2.27. The predicted octanol–water partition coefficient (Wildman–Crippen LogP) is 4.20. The molecule has 82 valence electrons. The van der Waals surface area contributed by atoms with Crippen molar-refractivity contribution in [1.82, 2.24) is 15.0 Å². The molecule has 2 aromatic rings. The monoisotopic (exact) mass is 379 g/mol. The standard InChI is InChI=1S/C9H4Br2ClN3S/c10-5-1-2-6(13-3-5)16-9-7(11)8(12)14-4-15-9/h1-4H. The summed E-state index contributed by atoms with van der Waals surface area (Å²) in [5, 5.41) is 1.99. The zero-order valence-corrected chi connectivity index (χ0v) is 12.4. The Labute approximate surface area is 118 Å². The van der Waals surface area contributed by atoms with Crippen LogP contribution in [0.2, 0.25) is 5.15 Å². The first-order valence-corrected chi connectivity index (χ1v) is 6.90. The third-order valence-corrected chi connectivity index (χ3v) is 4.57. The zero-order valence-electron chi connectivity index (χ0n) is 7.69. The van der Waals surface area contributed by atoms with Crippen molar-refractivity contribution >= 4 is 55.2 Å². The number of nitrogens with zero attached hydrogens (tertiary/aromatic N) is 3. The second kappa shape index (κ2) is 5.44. The van der Waals surface area contributed by atoms with E-state index in [4.69, 9.17) is 11.6 Å².